The summed E-state index contributed by atoms with van der Waals surface area (Å²) in [6, 6.07) is 7.72. The predicted molar refractivity (Wildman–Crippen MR) is 60.2 cm³/mol. The average Bonchev–Trinajstić information content (AvgIpc) is 2.19. The normalized spacial score (nSPS) is 12.1. The summed E-state index contributed by atoms with van der Waals surface area (Å²) in [4.78, 5) is 1.09. The second-order valence-electron chi connectivity index (χ2n) is 2.89. The van der Waals surface area contributed by atoms with Crippen molar-refractivity contribution in [3.8, 4) is 5.75 Å². The fourth-order valence-corrected chi connectivity index (χ4v) is 1.75. The van der Waals surface area contributed by atoms with Crippen molar-refractivity contribution in [3.05, 3.63) is 24.3 Å². The van der Waals surface area contributed by atoms with Crippen molar-refractivity contribution in [3.63, 3.8) is 0 Å². The second kappa shape index (κ2) is 4.91. The molecular weight excluding hydrogens is 196 g/mol. The smallest absolute Gasteiger partial charge is 0.118 e. The maximum atomic E-state index is 7.26. The maximum absolute atomic E-state index is 7.26. The summed E-state index contributed by atoms with van der Waals surface area (Å²) in [5.41, 5.74) is 5.38. The molecule has 76 valence electrons. The Bertz CT molecular complexity index is 310. The Balaban J connectivity index is 2.64. The molecule has 0 aromatic heterocycles. The van der Waals surface area contributed by atoms with Crippen LogP contribution in [0.5, 0.6) is 5.75 Å². The van der Waals surface area contributed by atoms with E-state index < -0.39 is 0 Å². The van der Waals surface area contributed by atoms with Crippen LogP contribution >= 0.6 is 11.8 Å². The zero-order valence-electron chi connectivity index (χ0n) is 8.28. The van der Waals surface area contributed by atoms with Crippen molar-refractivity contribution in [2.45, 2.75) is 17.1 Å². The third-order valence-electron chi connectivity index (χ3n) is 1.81. The van der Waals surface area contributed by atoms with Gasteiger partial charge in [-0.3, -0.25) is 5.41 Å². The molecule has 0 radical (unpaired) electrons. The van der Waals surface area contributed by atoms with E-state index in [0.29, 0.717) is 0 Å². The number of thioether (sulfide) groups is 1. The first kappa shape index (κ1) is 10.9. The van der Waals surface area contributed by atoms with Crippen LogP contribution < -0.4 is 10.5 Å². The SMILES string of the molecule is COc1ccc(SC(C)C(=N)N)cc1. The number of hydrogen-bond donors (Lipinski definition) is 2. The van der Waals surface area contributed by atoms with Crippen LogP contribution in [0.4, 0.5) is 0 Å². The molecule has 3 nitrogen and oxygen atoms in total. The first-order valence-electron chi connectivity index (χ1n) is 4.28. The number of amidine groups is 1. The average molecular weight is 210 g/mol. The molecule has 1 unspecified atom stereocenters. The Morgan fingerprint density at radius 1 is 1.43 bits per heavy atom. The van der Waals surface area contributed by atoms with Gasteiger partial charge in [0.1, 0.15) is 11.6 Å². The molecule has 0 fully saturated rings. The number of rotatable bonds is 4. The van der Waals surface area contributed by atoms with Crippen LogP contribution in [0.25, 0.3) is 0 Å². The number of nitrogens with two attached hydrogens (primary N) is 1. The quantitative estimate of drug-likeness (QED) is 0.454. The molecule has 3 N–H and O–H groups in total. The zero-order valence-corrected chi connectivity index (χ0v) is 9.10. The predicted octanol–water partition coefficient (Wildman–Crippen LogP) is 2.11. The zero-order chi connectivity index (χ0) is 10.6. The molecule has 1 aromatic carbocycles. The number of nitrogens with one attached hydrogen (secondary N) is 1. The van der Waals surface area contributed by atoms with E-state index in [2.05, 4.69) is 0 Å². The first-order valence-corrected chi connectivity index (χ1v) is 5.16. The van der Waals surface area contributed by atoms with E-state index in [-0.39, 0.29) is 11.1 Å². The Kier molecular flexibility index (Phi) is 3.83. The van der Waals surface area contributed by atoms with Crippen molar-refractivity contribution in [2.75, 3.05) is 7.11 Å². The van der Waals surface area contributed by atoms with Crippen molar-refractivity contribution >= 4 is 17.6 Å². The summed E-state index contributed by atoms with van der Waals surface area (Å²) >= 11 is 1.57. The summed E-state index contributed by atoms with van der Waals surface area (Å²) < 4.78 is 5.05. The van der Waals surface area contributed by atoms with Gasteiger partial charge in [0.2, 0.25) is 0 Å². The number of ether oxygens (including phenoxy) is 1. The van der Waals surface area contributed by atoms with Crippen LogP contribution in [0.15, 0.2) is 29.2 Å². The van der Waals surface area contributed by atoms with E-state index in [4.69, 9.17) is 15.9 Å². The molecule has 1 aromatic rings. The summed E-state index contributed by atoms with van der Waals surface area (Å²) in [6.07, 6.45) is 0. The van der Waals surface area contributed by atoms with Gasteiger partial charge in [-0.1, -0.05) is 0 Å². The minimum atomic E-state index is 0.0170. The Morgan fingerprint density at radius 2 is 2.00 bits per heavy atom. The minimum absolute atomic E-state index is 0.0170. The Morgan fingerprint density at radius 3 is 2.43 bits per heavy atom. The number of methoxy groups -OCH3 is 1. The Labute approximate surface area is 88.2 Å². The third-order valence-corrected chi connectivity index (χ3v) is 2.96. The largest absolute Gasteiger partial charge is 0.497 e. The van der Waals surface area contributed by atoms with E-state index in [1.807, 2.05) is 31.2 Å². The fraction of sp³-hybridized carbons (Fsp3) is 0.300. The van der Waals surface area contributed by atoms with Gasteiger partial charge in [0, 0.05) is 4.90 Å². The lowest BCUT2D eigenvalue weighted by Crippen LogP contribution is -2.21. The van der Waals surface area contributed by atoms with Gasteiger partial charge in [0.15, 0.2) is 0 Å². The highest BCUT2D eigenvalue weighted by Gasteiger charge is 2.06. The van der Waals surface area contributed by atoms with Gasteiger partial charge in [-0.25, -0.2) is 0 Å². The molecule has 14 heavy (non-hydrogen) atoms. The van der Waals surface area contributed by atoms with Gasteiger partial charge in [-0.05, 0) is 31.2 Å². The van der Waals surface area contributed by atoms with Crippen LogP contribution in [-0.4, -0.2) is 18.2 Å². The van der Waals surface area contributed by atoms with E-state index in [9.17, 15) is 0 Å². The van der Waals surface area contributed by atoms with E-state index >= 15 is 0 Å². The molecule has 1 atom stereocenters. The minimum Gasteiger partial charge on any atom is -0.497 e. The monoisotopic (exact) mass is 210 g/mol. The molecule has 0 heterocycles. The molecule has 0 spiro atoms. The number of hydrogen-bond acceptors (Lipinski definition) is 3. The van der Waals surface area contributed by atoms with Gasteiger partial charge in [-0.2, -0.15) is 0 Å². The van der Waals surface area contributed by atoms with Crippen LogP contribution in [0, 0.1) is 5.41 Å². The first-order chi connectivity index (χ1) is 6.63. The maximum Gasteiger partial charge on any atom is 0.118 e. The van der Waals surface area contributed by atoms with Crippen molar-refractivity contribution in [1.82, 2.24) is 0 Å². The van der Waals surface area contributed by atoms with Crippen molar-refractivity contribution in [1.29, 1.82) is 5.41 Å². The van der Waals surface area contributed by atoms with Crippen LogP contribution in [-0.2, 0) is 0 Å². The lowest BCUT2D eigenvalue weighted by Gasteiger charge is -2.09. The van der Waals surface area contributed by atoms with Gasteiger partial charge in [0.25, 0.3) is 0 Å². The molecule has 0 aliphatic heterocycles. The van der Waals surface area contributed by atoms with Gasteiger partial charge >= 0.3 is 0 Å². The molecule has 4 heteroatoms. The molecule has 0 saturated carbocycles. The standard InChI is InChI=1S/C10H14N2OS/c1-7(10(11)12)14-9-5-3-8(13-2)4-6-9/h3-7H,1-2H3,(H3,11,12). The molecular formula is C10H14N2OS. The van der Waals surface area contributed by atoms with E-state index in [0.717, 1.165) is 10.6 Å². The molecule has 1 rings (SSSR count). The molecule has 0 aliphatic rings. The van der Waals surface area contributed by atoms with Crippen LogP contribution in [0.3, 0.4) is 0 Å². The van der Waals surface area contributed by atoms with Crippen LogP contribution in [0.2, 0.25) is 0 Å². The summed E-state index contributed by atoms with van der Waals surface area (Å²) in [6.45, 7) is 1.91. The van der Waals surface area contributed by atoms with E-state index in [1.165, 1.54) is 0 Å². The highest BCUT2D eigenvalue weighted by Crippen LogP contribution is 2.24. The fourth-order valence-electron chi connectivity index (χ4n) is 0.922. The highest BCUT2D eigenvalue weighted by atomic mass is 32.2. The van der Waals surface area contributed by atoms with Gasteiger partial charge < -0.3 is 10.5 Å². The van der Waals surface area contributed by atoms with Gasteiger partial charge in [-0.15, -0.1) is 11.8 Å². The molecule has 0 amide bonds. The summed E-state index contributed by atoms with van der Waals surface area (Å²) in [5.74, 6) is 1.04. The third kappa shape index (κ3) is 2.96. The highest BCUT2D eigenvalue weighted by molar-refractivity contribution is 8.00. The topological polar surface area (TPSA) is 59.1 Å². The van der Waals surface area contributed by atoms with Gasteiger partial charge in [0.05, 0.1) is 12.4 Å². The second-order valence-corrected chi connectivity index (χ2v) is 4.31. The summed E-state index contributed by atoms with van der Waals surface area (Å²) in [5, 5.41) is 7.28. The lowest BCUT2D eigenvalue weighted by molar-refractivity contribution is 0.414. The van der Waals surface area contributed by atoms with Crippen molar-refractivity contribution in [2.24, 2.45) is 5.73 Å². The molecule has 0 aliphatic carbocycles. The summed E-state index contributed by atoms with van der Waals surface area (Å²) in [7, 11) is 1.64. The lowest BCUT2D eigenvalue weighted by atomic mass is 10.3. The molecule has 0 saturated heterocycles. The van der Waals surface area contributed by atoms with E-state index in [1.54, 1.807) is 18.9 Å². The van der Waals surface area contributed by atoms with Crippen LogP contribution in [0.1, 0.15) is 6.92 Å². The number of benzene rings is 1. The van der Waals surface area contributed by atoms with Crippen molar-refractivity contribution < 1.29 is 4.74 Å². The Hall–Kier alpha value is -1.16. The molecule has 0 bridgehead atoms.